The van der Waals surface area contributed by atoms with E-state index < -0.39 is 36.2 Å². The van der Waals surface area contributed by atoms with Crippen LogP contribution in [0.25, 0.3) is 0 Å². The highest BCUT2D eigenvalue weighted by Crippen LogP contribution is 2.31. The quantitative estimate of drug-likeness (QED) is 0.312. The summed E-state index contributed by atoms with van der Waals surface area (Å²) in [5.41, 5.74) is -0.0892. The molecule has 3 rings (SSSR count). The van der Waals surface area contributed by atoms with Gasteiger partial charge in [-0.15, -0.1) is 0 Å². The van der Waals surface area contributed by atoms with E-state index in [1.807, 2.05) is 0 Å². The standard InChI is InChI=1S/C26H23F5N2O5/c27-25(28)38-21-7-1-16(2-8-21)15-22(24(36)32-13-14-34)33-23(35)17-3-9-19(10-4-17)37-20-11-5-18(6-12-20)26(29,30)31/h1-12,22,25,34H,13-15H2,(H,32,36)(H,33,35)/t22-/m0/s1. The second-order valence-electron chi connectivity index (χ2n) is 7.92. The maximum absolute atomic E-state index is 12.8. The van der Waals surface area contributed by atoms with Crippen LogP contribution in [0.2, 0.25) is 0 Å². The Labute approximate surface area is 214 Å². The predicted octanol–water partition coefficient (Wildman–Crippen LogP) is 4.55. The highest BCUT2D eigenvalue weighted by atomic mass is 19.4. The first-order chi connectivity index (χ1) is 18.0. The molecule has 0 aliphatic carbocycles. The molecule has 0 aliphatic rings. The number of carbonyl (C=O) groups is 2. The molecule has 0 fully saturated rings. The van der Waals surface area contributed by atoms with Gasteiger partial charge in [0.15, 0.2) is 0 Å². The van der Waals surface area contributed by atoms with Crippen LogP contribution < -0.4 is 20.1 Å². The summed E-state index contributed by atoms with van der Waals surface area (Å²) in [4.78, 5) is 25.4. The van der Waals surface area contributed by atoms with Crippen molar-refractivity contribution < 1.29 is 46.1 Å². The van der Waals surface area contributed by atoms with Gasteiger partial charge < -0.3 is 25.2 Å². The van der Waals surface area contributed by atoms with Crippen LogP contribution in [-0.4, -0.2) is 42.7 Å². The van der Waals surface area contributed by atoms with E-state index in [0.717, 1.165) is 12.1 Å². The summed E-state index contributed by atoms with van der Waals surface area (Å²) in [6.07, 6.45) is -4.44. The monoisotopic (exact) mass is 538 g/mol. The Morgan fingerprint density at radius 3 is 1.92 bits per heavy atom. The molecule has 7 nitrogen and oxygen atoms in total. The lowest BCUT2D eigenvalue weighted by Gasteiger charge is -2.19. The Kier molecular flexibility index (Phi) is 9.61. The maximum atomic E-state index is 12.8. The fourth-order valence-electron chi connectivity index (χ4n) is 3.32. The van der Waals surface area contributed by atoms with Crippen LogP contribution in [0.5, 0.6) is 17.2 Å². The largest absolute Gasteiger partial charge is 0.457 e. The number of ether oxygens (including phenoxy) is 2. The number of carbonyl (C=O) groups excluding carboxylic acids is 2. The molecule has 3 aromatic carbocycles. The predicted molar refractivity (Wildman–Crippen MR) is 126 cm³/mol. The summed E-state index contributed by atoms with van der Waals surface area (Å²) < 4.78 is 72.6. The van der Waals surface area contributed by atoms with E-state index in [9.17, 15) is 31.5 Å². The smallest absolute Gasteiger partial charge is 0.416 e. The van der Waals surface area contributed by atoms with Gasteiger partial charge in [0.05, 0.1) is 12.2 Å². The number of nitrogens with one attached hydrogen (secondary N) is 2. The van der Waals surface area contributed by atoms with Crippen molar-refractivity contribution in [1.29, 1.82) is 0 Å². The van der Waals surface area contributed by atoms with Gasteiger partial charge in [0.25, 0.3) is 5.91 Å². The zero-order valence-electron chi connectivity index (χ0n) is 19.7. The molecular weight excluding hydrogens is 515 g/mol. The molecule has 202 valence electrons. The number of benzene rings is 3. The number of aliphatic hydroxyl groups is 1. The Morgan fingerprint density at radius 1 is 0.842 bits per heavy atom. The molecule has 12 heteroatoms. The molecule has 0 saturated carbocycles. The van der Waals surface area contributed by atoms with Gasteiger partial charge in [0, 0.05) is 18.5 Å². The fourth-order valence-corrected chi connectivity index (χ4v) is 3.32. The first kappa shape index (κ1) is 28.4. The minimum atomic E-state index is -4.47. The molecule has 38 heavy (non-hydrogen) atoms. The van der Waals surface area contributed by atoms with E-state index in [2.05, 4.69) is 15.4 Å². The molecule has 0 aromatic heterocycles. The van der Waals surface area contributed by atoms with Crippen molar-refractivity contribution in [1.82, 2.24) is 10.6 Å². The number of halogens is 5. The van der Waals surface area contributed by atoms with Crippen LogP contribution in [0.3, 0.4) is 0 Å². The molecule has 2 amide bonds. The Morgan fingerprint density at radius 2 is 1.39 bits per heavy atom. The summed E-state index contributed by atoms with van der Waals surface area (Å²) in [7, 11) is 0. The van der Waals surface area contributed by atoms with Crippen molar-refractivity contribution in [3.8, 4) is 17.2 Å². The van der Waals surface area contributed by atoms with Crippen LogP contribution in [0.4, 0.5) is 22.0 Å². The number of hydrogen-bond donors (Lipinski definition) is 3. The van der Waals surface area contributed by atoms with Gasteiger partial charge in [0.1, 0.15) is 23.3 Å². The number of amides is 2. The van der Waals surface area contributed by atoms with Crippen LogP contribution in [0, 0.1) is 0 Å². The summed E-state index contributed by atoms with van der Waals surface area (Å²) in [5, 5.41) is 14.1. The zero-order valence-corrected chi connectivity index (χ0v) is 19.7. The number of hydrogen-bond acceptors (Lipinski definition) is 5. The third-order valence-electron chi connectivity index (χ3n) is 5.16. The van der Waals surface area contributed by atoms with Gasteiger partial charge in [-0.25, -0.2) is 0 Å². The first-order valence-corrected chi connectivity index (χ1v) is 11.2. The minimum absolute atomic E-state index is 0.0209. The van der Waals surface area contributed by atoms with E-state index in [1.54, 1.807) is 0 Å². The van der Waals surface area contributed by atoms with Crippen LogP contribution in [-0.2, 0) is 17.4 Å². The van der Waals surface area contributed by atoms with Crippen molar-refractivity contribution >= 4 is 11.8 Å². The molecular formula is C26H23F5N2O5. The number of alkyl halides is 5. The minimum Gasteiger partial charge on any atom is -0.457 e. The summed E-state index contributed by atoms with van der Waals surface area (Å²) in [5.74, 6) is -0.798. The molecule has 0 saturated heterocycles. The van der Waals surface area contributed by atoms with Crippen molar-refractivity contribution in [3.63, 3.8) is 0 Å². The van der Waals surface area contributed by atoms with Gasteiger partial charge in [-0.05, 0) is 66.2 Å². The molecule has 0 bridgehead atoms. The number of aliphatic hydroxyl groups excluding tert-OH is 1. The second-order valence-corrected chi connectivity index (χ2v) is 7.92. The van der Waals surface area contributed by atoms with E-state index in [-0.39, 0.29) is 42.4 Å². The summed E-state index contributed by atoms with van der Waals surface area (Å²) in [6.45, 7) is -3.33. The van der Waals surface area contributed by atoms with Crippen LogP contribution in [0.1, 0.15) is 21.5 Å². The van der Waals surface area contributed by atoms with Crippen molar-refractivity contribution in [3.05, 3.63) is 89.5 Å². The highest BCUT2D eigenvalue weighted by molar-refractivity contribution is 5.97. The third kappa shape index (κ3) is 8.44. The van der Waals surface area contributed by atoms with E-state index in [0.29, 0.717) is 5.56 Å². The van der Waals surface area contributed by atoms with Gasteiger partial charge in [-0.3, -0.25) is 9.59 Å². The SMILES string of the molecule is O=C(N[C@@H](Cc1ccc(OC(F)F)cc1)C(=O)NCCO)c1ccc(Oc2ccc(C(F)(F)F)cc2)cc1. The topological polar surface area (TPSA) is 96.9 Å². The Hall–Kier alpha value is -4.19. The van der Waals surface area contributed by atoms with Crippen molar-refractivity contribution in [2.75, 3.05) is 13.2 Å². The lowest BCUT2D eigenvalue weighted by molar-refractivity contribution is -0.137. The summed E-state index contributed by atoms with van der Waals surface area (Å²) >= 11 is 0. The fraction of sp³-hybridized carbons (Fsp3) is 0.231. The van der Waals surface area contributed by atoms with Crippen molar-refractivity contribution in [2.24, 2.45) is 0 Å². The second kappa shape index (κ2) is 12.9. The maximum Gasteiger partial charge on any atom is 0.416 e. The van der Waals surface area contributed by atoms with Gasteiger partial charge >= 0.3 is 12.8 Å². The normalized spacial score (nSPS) is 12.1. The third-order valence-corrected chi connectivity index (χ3v) is 5.16. The number of rotatable bonds is 11. The average Bonchev–Trinajstić information content (AvgIpc) is 2.88. The molecule has 3 aromatic rings. The molecule has 0 spiro atoms. The summed E-state index contributed by atoms with van der Waals surface area (Å²) in [6, 6.07) is 14.3. The average molecular weight is 538 g/mol. The molecule has 0 radical (unpaired) electrons. The molecule has 3 N–H and O–H groups in total. The van der Waals surface area contributed by atoms with E-state index in [4.69, 9.17) is 9.84 Å². The molecule has 0 heterocycles. The first-order valence-electron chi connectivity index (χ1n) is 11.2. The zero-order chi connectivity index (χ0) is 27.7. The lowest BCUT2D eigenvalue weighted by atomic mass is 10.0. The highest BCUT2D eigenvalue weighted by Gasteiger charge is 2.30. The van der Waals surface area contributed by atoms with Crippen LogP contribution in [0.15, 0.2) is 72.8 Å². The Bertz CT molecular complexity index is 1200. The van der Waals surface area contributed by atoms with Gasteiger partial charge in [-0.1, -0.05) is 12.1 Å². The molecule has 0 aliphatic heterocycles. The lowest BCUT2D eigenvalue weighted by Crippen LogP contribution is -2.48. The molecule has 0 unspecified atom stereocenters. The van der Waals surface area contributed by atoms with Crippen molar-refractivity contribution in [2.45, 2.75) is 25.3 Å². The van der Waals surface area contributed by atoms with Gasteiger partial charge in [-0.2, -0.15) is 22.0 Å². The molecule has 1 atom stereocenters. The van der Waals surface area contributed by atoms with Gasteiger partial charge in [0.2, 0.25) is 5.91 Å². The van der Waals surface area contributed by atoms with E-state index in [1.165, 1.54) is 60.7 Å². The van der Waals surface area contributed by atoms with E-state index >= 15 is 0 Å². The Balaban J connectivity index is 1.66. The van der Waals surface area contributed by atoms with Crippen LogP contribution >= 0.6 is 0 Å².